The Kier molecular flexibility index (Phi) is 4.36. The maximum absolute atomic E-state index is 12.7. The third kappa shape index (κ3) is 3.40. The Bertz CT molecular complexity index is 610. The fraction of sp³-hybridized carbons (Fsp3) is 0.625. The van der Waals surface area contributed by atoms with Gasteiger partial charge in [0.2, 0.25) is 10.0 Å². The Morgan fingerprint density at radius 1 is 1.19 bits per heavy atom. The quantitative estimate of drug-likeness (QED) is 0.854. The Hall–Kier alpha value is -1.07. The van der Waals surface area contributed by atoms with Gasteiger partial charge in [0.15, 0.2) is 0 Å². The lowest BCUT2D eigenvalue weighted by Crippen LogP contribution is -2.41. The van der Waals surface area contributed by atoms with Crippen LogP contribution in [0, 0.1) is 18.3 Å². The summed E-state index contributed by atoms with van der Waals surface area (Å²) < 4.78 is 27.0. The molecule has 4 nitrogen and oxygen atoms in total. The van der Waals surface area contributed by atoms with Crippen molar-refractivity contribution in [1.82, 2.24) is 4.31 Å². The van der Waals surface area contributed by atoms with E-state index in [0.717, 1.165) is 18.4 Å². The number of rotatable bonds is 2. The van der Waals surface area contributed by atoms with E-state index in [1.54, 1.807) is 22.5 Å². The molecule has 0 radical (unpaired) electrons. The number of anilines is 1. The standard InChI is InChI=1S/C16H26N2O2S/c1-12-11-14(5-6-15(12)17)21(19,20)18-9-7-13(8-10-18)16(2,3)4/h5-6,11,13H,7-10,17H2,1-4H3. The number of aryl methyl sites for hydroxylation is 1. The summed E-state index contributed by atoms with van der Waals surface area (Å²) in [7, 11) is -3.39. The minimum Gasteiger partial charge on any atom is -0.399 e. The molecule has 0 aromatic heterocycles. The number of nitrogens with two attached hydrogens (primary N) is 1. The van der Waals surface area contributed by atoms with E-state index in [1.807, 2.05) is 6.92 Å². The first-order valence-electron chi connectivity index (χ1n) is 7.48. The van der Waals surface area contributed by atoms with Gasteiger partial charge in [0.05, 0.1) is 4.90 Å². The summed E-state index contributed by atoms with van der Waals surface area (Å²) in [5, 5.41) is 0. The van der Waals surface area contributed by atoms with Crippen molar-refractivity contribution in [3.8, 4) is 0 Å². The highest BCUT2D eigenvalue weighted by molar-refractivity contribution is 7.89. The average Bonchev–Trinajstić information content (AvgIpc) is 2.41. The molecular weight excluding hydrogens is 284 g/mol. The molecule has 2 rings (SSSR count). The Morgan fingerprint density at radius 3 is 2.24 bits per heavy atom. The van der Waals surface area contributed by atoms with E-state index in [2.05, 4.69) is 20.8 Å². The van der Waals surface area contributed by atoms with Gasteiger partial charge in [0, 0.05) is 18.8 Å². The summed E-state index contributed by atoms with van der Waals surface area (Å²) in [6.45, 7) is 9.73. The van der Waals surface area contributed by atoms with Crippen LogP contribution in [0.2, 0.25) is 0 Å². The van der Waals surface area contributed by atoms with Gasteiger partial charge in [-0.2, -0.15) is 4.31 Å². The number of piperidine rings is 1. The highest BCUT2D eigenvalue weighted by Crippen LogP contribution is 2.35. The van der Waals surface area contributed by atoms with Crippen LogP contribution in [0.1, 0.15) is 39.2 Å². The molecule has 1 fully saturated rings. The third-order valence-electron chi connectivity index (χ3n) is 4.56. The molecule has 1 heterocycles. The van der Waals surface area contributed by atoms with Gasteiger partial charge in [-0.05, 0) is 54.9 Å². The maximum Gasteiger partial charge on any atom is 0.243 e. The van der Waals surface area contributed by atoms with E-state index in [0.29, 0.717) is 29.6 Å². The van der Waals surface area contributed by atoms with Crippen molar-refractivity contribution in [2.24, 2.45) is 11.3 Å². The summed E-state index contributed by atoms with van der Waals surface area (Å²) in [6, 6.07) is 4.94. The molecule has 0 saturated carbocycles. The molecule has 5 heteroatoms. The van der Waals surface area contributed by atoms with Crippen LogP contribution in [-0.4, -0.2) is 25.8 Å². The summed E-state index contributed by atoms with van der Waals surface area (Å²) in [4.78, 5) is 0.350. The average molecular weight is 310 g/mol. The summed E-state index contributed by atoms with van der Waals surface area (Å²) in [5.74, 6) is 0.581. The molecule has 1 aromatic rings. The van der Waals surface area contributed by atoms with Crippen molar-refractivity contribution < 1.29 is 8.42 Å². The maximum atomic E-state index is 12.7. The van der Waals surface area contributed by atoms with E-state index in [-0.39, 0.29) is 5.41 Å². The first-order chi connectivity index (χ1) is 9.62. The lowest BCUT2D eigenvalue weighted by molar-refractivity contribution is 0.154. The van der Waals surface area contributed by atoms with Crippen LogP contribution in [0.15, 0.2) is 23.1 Å². The topological polar surface area (TPSA) is 63.4 Å². The third-order valence-corrected chi connectivity index (χ3v) is 6.45. The Balaban J connectivity index is 2.17. The van der Waals surface area contributed by atoms with Crippen molar-refractivity contribution >= 4 is 15.7 Å². The van der Waals surface area contributed by atoms with Crippen molar-refractivity contribution in [2.45, 2.75) is 45.4 Å². The second-order valence-corrected chi connectivity index (χ2v) is 9.00. The molecule has 0 amide bonds. The van der Waals surface area contributed by atoms with E-state index in [1.165, 1.54) is 0 Å². The van der Waals surface area contributed by atoms with Gasteiger partial charge in [-0.25, -0.2) is 8.42 Å². The minimum atomic E-state index is -3.39. The monoisotopic (exact) mass is 310 g/mol. The second-order valence-electron chi connectivity index (χ2n) is 7.06. The molecule has 1 aliphatic rings. The molecule has 0 unspecified atom stereocenters. The normalized spacial score (nSPS) is 18.9. The van der Waals surface area contributed by atoms with Crippen LogP contribution in [0.25, 0.3) is 0 Å². The van der Waals surface area contributed by atoms with Crippen molar-refractivity contribution in [3.63, 3.8) is 0 Å². The fourth-order valence-corrected chi connectivity index (χ4v) is 4.48. The molecular formula is C16H26N2O2S. The molecule has 0 aliphatic carbocycles. The van der Waals surface area contributed by atoms with Gasteiger partial charge >= 0.3 is 0 Å². The highest BCUT2D eigenvalue weighted by Gasteiger charge is 2.33. The van der Waals surface area contributed by atoms with Gasteiger partial charge in [-0.3, -0.25) is 0 Å². The van der Waals surface area contributed by atoms with Gasteiger partial charge in [0.25, 0.3) is 0 Å². The molecule has 0 spiro atoms. The van der Waals surface area contributed by atoms with Gasteiger partial charge in [-0.1, -0.05) is 20.8 Å². The fourth-order valence-electron chi connectivity index (χ4n) is 2.92. The first kappa shape index (κ1) is 16.3. The van der Waals surface area contributed by atoms with Crippen LogP contribution < -0.4 is 5.73 Å². The molecule has 1 aliphatic heterocycles. The molecule has 1 saturated heterocycles. The van der Waals surface area contributed by atoms with E-state index >= 15 is 0 Å². The molecule has 1 aromatic carbocycles. The number of nitrogens with zero attached hydrogens (tertiary/aromatic N) is 1. The van der Waals surface area contributed by atoms with Crippen molar-refractivity contribution in [2.75, 3.05) is 18.8 Å². The summed E-state index contributed by atoms with van der Waals surface area (Å²) in [5.41, 5.74) is 7.44. The van der Waals surface area contributed by atoms with Crippen LogP contribution in [0.5, 0.6) is 0 Å². The zero-order valence-corrected chi connectivity index (χ0v) is 14.2. The van der Waals surface area contributed by atoms with E-state index in [9.17, 15) is 8.42 Å². The van der Waals surface area contributed by atoms with Gasteiger partial charge in [-0.15, -0.1) is 0 Å². The van der Waals surface area contributed by atoms with Crippen LogP contribution in [-0.2, 0) is 10.0 Å². The van der Waals surface area contributed by atoms with Crippen molar-refractivity contribution in [1.29, 1.82) is 0 Å². The Labute approximate surface area is 128 Å². The predicted octanol–water partition coefficient (Wildman–Crippen LogP) is 3.02. The zero-order valence-electron chi connectivity index (χ0n) is 13.4. The number of benzene rings is 1. The van der Waals surface area contributed by atoms with Crippen LogP contribution in [0.3, 0.4) is 0 Å². The molecule has 2 N–H and O–H groups in total. The summed E-state index contributed by atoms with van der Waals surface area (Å²) >= 11 is 0. The zero-order chi connectivity index (χ0) is 15.8. The molecule has 118 valence electrons. The Morgan fingerprint density at radius 2 is 1.76 bits per heavy atom. The SMILES string of the molecule is Cc1cc(S(=O)(=O)N2CCC(C(C)(C)C)CC2)ccc1N. The number of nitrogen functional groups attached to an aromatic ring is 1. The number of hydrogen-bond acceptors (Lipinski definition) is 3. The van der Waals surface area contributed by atoms with Crippen LogP contribution >= 0.6 is 0 Å². The lowest BCUT2D eigenvalue weighted by atomic mass is 9.76. The van der Waals surface area contributed by atoms with Gasteiger partial charge in [0.1, 0.15) is 0 Å². The predicted molar refractivity (Wildman–Crippen MR) is 86.5 cm³/mol. The second kappa shape index (κ2) is 5.61. The van der Waals surface area contributed by atoms with Crippen molar-refractivity contribution in [3.05, 3.63) is 23.8 Å². The van der Waals surface area contributed by atoms with Gasteiger partial charge < -0.3 is 5.73 Å². The number of sulfonamides is 1. The van der Waals surface area contributed by atoms with Crippen LogP contribution in [0.4, 0.5) is 5.69 Å². The van der Waals surface area contributed by atoms with E-state index in [4.69, 9.17) is 5.73 Å². The largest absolute Gasteiger partial charge is 0.399 e. The molecule has 0 atom stereocenters. The number of hydrogen-bond donors (Lipinski definition) is 1. The highest BCUT2D eigenvalue weighted by atomic mass is 32.2. The first-order valence-corrected chi connectivity index (χ1v) is 8.92. The van der Waals surface area contributed by atoms with E-state index < -0.39 is 10.0 Å². The smallest absolute Gasteiger partial charge is 0.243 e. The summed E-state index contributed by atoms with van der Waals surface area (Å²) in [6.07, 6.45) is 1.85. The minimum absolute atomic E-state index is 0.244. The molecule has 21 heavy (non-hydrogen) atoms. The lowest BCUT2D eigenvalue weighted by Gasteiger charge is -2.38. The molecule has 0 bridgehead atoms.